The van der Waals surface area contributed by atoms with Crippen LogP contribution in [0.4, 0.5) is 0 Å². The van der Waals surface area contributed by atoms with Crippen molar-refractivity contribution in [3.63, 3.8) is 0 Å². The molecule has 1 amide bonds. The SMILES string of the molecule is CC(CNC(=O)COCC(=O)O)c1ccccc1. The first-order valence-corrected chi connectivity index (χ1v) is 5.70. The van der Waals surface area contributed by atoms with Gasteiger partial charge in [0.15, 0.2) is 0 Å². The lowest BCUT2D eigenvalue weighted by Gasteiger charge is -2.12. The summed E-state index contributed by atoms with van der Waals surface area (Å²) in [4.78, 5) is 21.5. The van der Waals surface area contributed by atoms with Gasteiger partial charge in [-0.15, -0.1) is 0 Å². The number of carbonyl (C=O) groups excluding carboxylic acids is 1. The zero-order valence-electron chi connectivity index (χ0n) is 10.3. The average molecular weight is 251 g/mol. The standard InChI is InChI=1S/C13H17NO4/c1-10(11-5-3-2-4-6-11)7-14-12(15)8-18-9-13(16)17/h2-6,10H,7-9H2,1H3,(H,14,15)(H,16,17). The lowest BCUT2D eigenvalue weighted by Crippen LogP contribution is -2.31. The third kappa shape index (κ3) is 5.45. The zero-order chi connectivity index (χ0) is 13.4. The lowest BCUT2D eigenvalue weighted by molar-refractivity contribution is -0.143. The molecular formula is C13H17NO4. The maximum Gasteiger partial charge on any atom is 0.329 e. The van der Waals surface area contributed by atoms with Crippen molar-refractivity contribution in [2.45, 2.75) is 12.8 Å². The van der Waals surface area contributed by atoms with E-state index >= 15 is 0 Å². The van der Waals surface area contributed by atoms with Gasteiger partial charge < -0.3 is 15.2 Å². The maximum atomic E-state index is 11.3. The lowest BCUT2D eigenvalue weighted by atomic mass is 10.0. The molecule has 2 N–H and O–H groups in total. The molecular weight excluding hydrogens is 234 g/mol. The molecule has 5 nitrogen and oxygen atoms in total. The number of aliphatic carboxylic acids is 1. The summed E-state index contributed by atoms with van der Waals surface area (Å²) in [7, 11) is 0. The summed E-state index contributed by atoms with van der Waals surface area (Å²) < 4.78 is 4.68. The molecule has 0 aliphatic carbocycles. The van der Waals surface area contributed by atoms with Crippen LogP contribution < -0.4 is 5.32 Å². The van der Waals surface area contributed by atoms with Crippen molar-refractivity contribution in [3.05, 3.63) is 35.9 Å². The summed E-state index contributed by atoms with van der Waals surface area (Å²) >= 11 is 0. The van der Waals surface area contributed by atoms with Gasteiger partial charge in [-0.1, -0.05) is 37.3 Å². The number of carboxylic acids is 1. The van der Waals surface area contributed by atoms with Crippen molar-refractivity contribution in [2.75, 3.05) is 19.8 Å². The van der Waals surface area contributed by atoms with E-state index in [1.54, 1.807) is 0 Å². The third-order valence-corrected chi connectivity index (χ3v) is 2.43. The second-order valence-corrected chi connectivity index (χ2v) is 4.00. The highest BCUT2D eigenvalue weighted by Crippen LogP contribution is 2.12. The Balaban J connectivity index is 2.24. The van der Waals surface area contributed by atoms with E-state index < -0.39 is 12.6 Å². The molecule has 18 heavy (non-hydrogen) atoms. The molecule has 1 aromatic carbocycles. The second kappa shape index (κ2) is 7.45. The van der Waals surface area contributed by atoms with E-state index in [1.165, 1.54) is 0 Å². The Morgan fingerprint density at radius 1 is 1.28 bits per heavy atom. The van der Waals surface area contributed by atoms with Crippen LogP contribution in [0.25, 0.3) is 0 Å². The molecule has 0 fully saturated rings. The predicted octanol–water partition coefficient (Wildman–Crippen LogP) is 1.01. The highest BCUT2D eigenvalue weighted by molar-refractivity contribution is 5.77. The Kier molecular flexibility index (Phi) is 5.87. The highest BCUT2D eigenvalue weighted by atomic mass is 16.5. The first kappa shape index (κ1) is 14.2. The zero-order valence-corrected chi connectivity index (χ0v) is 10.3. The number of benzene rings is 1. The summed E-state index contributed by atoms with van der Waals surface area (Å²) in [6.45, 7) is 1.82. The van der Waals surface area contributed by atoms with Gasteiger partial charge in [-0.3, -0.25) is 4.79 Å². The molecule has 1 rings (SSSR count). The molecule has 1 atom stereocenters. The van der Waals surface area contributed by atoms with Crippen LogP contribution >= 0.6 is 0 Å². The van der Waals surface area contributed by atoms with Gasteiger partial charge in [0, 0.05) is 6.54 Å². The van der Waals surface area contributed by atoms with Gasteiger partial charge in [0.2, 0.25) is 5.91 Å². The molecule has 0 radical (unpaired) electrons. The number of amides is 1. The van der Waals surface area contributed by atoms with Gasteiger partial charge in [-0.25, -0.2) is 4.79 Å². The summed E-state index contributed by atoms with van der Waals surface area (Å²) in [5, 5.41) is 11.0. The summed E-state index contributed by atoms with van der Waals surface area (Å²) in [6.07, 6.45) is 0. The van der Waals surface area contributed by atoms with Crippen molar-refractivity contribution in [1.82, 2.24) is 5.32 Å². The summed E-state index contributed by atoms with van der Waals surface area (Å²) in [6, 6.07) is 9.83. The van der Waals surface area contributed by atoms with Crippen molar-refractivity contribution >= 4 is 11.9 Å². The fourth-order valence-corrected chi connectivity index (χ4v) is 1.45. The van der Waals surface area contributed by atoms with E-state index in [0.29, 0.717) is 6.54 Å². The number of hydrogen-bond donors (Lipinski definition) is 2. The Morgan fingerprint density at radius 3 is 2.56 bits per heavy atom. The second-order valence-electron chi connectivity index (χ2n) is 4.00. The van der Waals surface area contributed by atoms with Gasteiger partial charge in [-0.2, -0.15) is 0 Å². The van der Waals surface area contributed by atoms with E-state index in [0.717, 1.165) is 5.56 Å². The smallest absolute Gasteiger partial charge is 0.329 e. The molecule has 1 unspecified atom stereocenters. The molecule has 0 saturated carbocycles. The molecule has 0 bridgehead atoms. The minimum Gasteiger partial charge on any atom is -0.480 e. The number of ether oxygens (including phenoxy) is 1. The molecule has 0 aliphatic heterocycles. The van der Waals surface area contributed by atoms with E-state index in [2.05, 4.69) is 10.1 Å². The van der Waals surface area contributed by atoms with Gasteiger partial charge >= 0.3 is 5.97 Å². The van der Waals surface area contributed by atoms with Crippen LogP contribution in [0.1, 0.15) is 18.4 Å². The third-order valence-electron chi connectivity index (χ3n) is 2.43. The maximum absolute atomic E-state index is 11.3. The van der Waals surface area contributed by atoms with E-state index in [1.807, 2.05) is 37.3 Å². The quantitative estimate of drug-likeness (QED) is 0.758. The number of rotatable bonds is 7. The van der Waals surface area contributed by atoms with Gasteiger partial charge in [-0.05, 0) is 11.5 Å². The Labute approximate surface area is 106 Å². The minimum absolute atomic E-state index is 0.203. The molecule has 0 spiro atoms. The first-order chi connectivity index (χ1) is 8.59. The Bertz CT molecular complexity index is 391. The average Bonchev–Trinajstić information content (AvgIpc) is 2.36. The normalized spacial score (nSPS) is 11.8. The van der Waals surface area contributed by atoms with Crippen LogP contribution in [-0.2, 0) is 14.3 Å². The van der Waals surface area contributed by atoms with E-state index in [4.69, 9.17) is 5.11 Å². The van der Waals surface area contributed by atoms with Crippen LogP contribution in [0.3, 0.4) is 0 Å². The highest BCUT2D eigenvalue weighted by Gasteiger charge is 2.08. The topological polar surface area (TPSA) is 75.6 Å². The molecule has 1 aromatic rings. The van der Waals surface area contributed by atoms with E-state index in [9.17, 15) is 9.59 Å². The molecule has 0 aliphatic rings. The number of hydrogen-bond acceptors (Lipinski definition) is 3. The fourth-order valence-electron chi connectivity index (χ4n) is 1.45. The van der Waals surface area contributed by atoms with Crippen LogP contribution in [0.5, 0.6) is 0 Å². The molecule has 0 aromatic heterocycles. The summed E-state index contributed by atoms with van der Waals surface area (Å²) in [5.74, 6) is -1.19. The monoisotopic (exact) mass is 251 g/mol. The molecule has 5 heteroatoms. The summed E-state index contributed by atoms with van der Waals surface area (Å²) in [5.41, 5.74) is 1.14. The van der Waals surface area contributed by atoms with Crippen molar-refractivity contribution in [3.8, 4) is 0 Å². The Morgan fingerprint density at radius 2 is 1.94 bits per heavy atom. The van der Waals surface area contributed by atoms with Crippen molar-refractivity contribution < 1.29 is 19.4 Å². The van der Waals surface area contributed by atoms with E-state index in [-0.39, 0.29) is 18.4 Å². The van der Waals surface area contributed by atoms with Gasteiger partial charge in [0.1, 0.15) is 13.2 Å². The van der Waals surface area contributed by atoms with Crippen LogP contribution in [0, 0.1) is 0 Å². The number of carboxylic acid groups (broad SMARTS) is 1. The van der Waals surface area contributed by atoms with Crippen molar-refractivity contribution in [2.24, 2.45) is 0 Å². The molecule has 98 valence electrons. The minimum atomic E-state index is -1.08. The number of nitrogens with one attached hydrogen (secondary N) is 1. The predicted molar refractivity (Wildman–Crippen MR) is 66.3 cm³/mol. The molecule has 0 saturated heterocycles. The van der Waals surface area contributed by atoms with Crippen molar-refractivity contribution in [1.29, 1.82) is 0 Å². The fraction of sp³-hybridized carbons (Fsp3) is 0.385. The van der Waals surface area contributed by atoms with Crippen LogP contribution in [0.15, 0.2) is 30.3 Å². The molecule has 0 heterocycles. The largest absolute Gasteiger partial charge is 0.480 e. The Hall–Kier alpha value is -1.88. The van der Waals surface area contributed by atoms with Gasteiger partial charge in [0.05, 0.1) is 0 Å². The van der Waals surface area contributed by atoms with Crippen LogP contribution in [-0.4, -0.2) is 36.7 Å². The van der Waals surface area contributed by atoms with Crippen LogP contribution in [0.2, 0.25) is 0 Å². The number of carbonyl (C=O) groups is 2. The first-order valence-electron chi connectivity index (χ1n) is 5.70. The van der Waals surface area contributed by atoms with Gasteiger partial charge in [0.25, 0.3) is 0 Å².